The van der Waals surface area contributed by atoms with Gasteiger partial charge >= 0.3 is 0 Å². The molecule has 0 atom stereocenters. The maximum Gasteiger partial charge on any atom is 0.238 e. The summed E-state index contributed by atoms with van der Waals surface area (Å²) in [6, 6.07) is 7.54. The number of rotatable bonds is 9. The summed E-state index contributed by atoms with van der Waals surface area (Å²) in [5.74, 6) is 1.35. The molecule has 110 valence electrons. The summed E-state index contributed by atoms with van der Waals surface area (Å²) in [4.78, 5) is 11.8. The molecule has 0 bridgehead atoms. The van der Waals surface area contributed by atoms with Crippen LogP contribution >= 0.6 is 0 Å². The van der Waals surface area contributed by atoms with Crippen molar-refractivity contribution in [1.29, 1.82) is 0 Å². The van der Waals surface area contributed by atoms with Crippen LogP contribution in [0.4, 0.5) is 5.69 Å². The second-order valence-electron chi connectivity index (χ2n) is 4.97. The van der Waals surface area contributed by atoms with Crippen LogP contribution in [0.1, 0.15) is 12.8 Å². The quantitative estimate of drug-likeness (QED) is 0.674. The highest BCUT2D eigenvalue weighted by molar-refractivity contribution is 5.93. The molecule has 2 N–H and O–H groups in total. The lowest BCUT2D eigenvalue weighted by Crippen LogP contribution is -2.30. The fourth-order valence-electron chi connectivity index (χ4n) is 1.76. The Morgan fingerprint density at radius 3 is 2.90 bits per heavy atom. The summed E-state index contributed by atoms with van der Waals surface area (Å²) in [5, 5.41) is 5.87. The first-order valence-corrected chi connectivity index (χ1v) is 7.01. The molecule has 0 radical (unpaired) electrons. The standard InChI is InChI=1S/C15H22N2O3/c1-19-9-8-16-10-15(18)17-13-4-2-3-5-14(13)20-11-12-6-7-12/h2-5,12,16H,6-11H2,1H3,(H,17,18). The molecule has 0 aromatic heterocycles. The van der Waals surface area contributed by atoms with Gasteiger partial charge in [-0.05, 0) is 30.9 Å². The number of hydrogen-bond donors (Lipinski definition) is 2. The second-order valence-corrected chi connectivity index (χ2v) is 4.97. The van der Waals surface area contributed by atoms with Crippen molar-refractivity contribution in [2.75, 3.05) is 38.7 Å². The molecule has 5 nitrogen and oxygen atoms in total. The van der Waals surface area contributed by atoms with Crippen molar-refractivity contribution in [2.45, 2.75) is 12.8 Å². The fourth-order valence-corrected chi connectivity index (χ4v) is 1.76. The van der Waals surface area contributed by atoms with E-state index < -0.39 is 0 Å². The number of amides is 1. The van der Waals surface area contributed by atoms with Crippen molar-refractivity contribution in [2.24, 2.45) is 5.92 Å². The number of anilines is 1. The van der Waals surface area contributed by atoms with Crippen molar-refractivity contribution in [3.05, 3.63) is 24.3 Å². The van der Waals surface area contributed by atoms with Crippen LogP contribution in [0.5, 0.6) is 5.75 Å². The van der Waals surface area contributed by atoms with Gasteiger partial charge in [0.2, 0.25) is 5.91 Å². The molecule has 20 heavy (non-hydrogen) atoms. The predicted molar refractivity (Wildman–Crippen MR) is 78.0 cm³/mol. The molecule has 0 unspecified atom stereocenters. The Kier molecular flexibility index (Phi) is 5.83. The molecule has 0 spiro atoms. The Labute approximate surface area is 119 Å². The molecule has 0 aliphatic heterocycles. The third kappa shape index (κ3) is 5.19. The van der Waals surface area contributed by atoms with E-state index in [9.17, 15) is 4.79 Å². The van der Waals surface area contributed by atoms with Gasteiger partial charge in [0.25, 0.3) is 0 Å². The fraction of sp³-hybridized carbons (Fsp3) is 0.533. The zero-order chi connectivity index (χ0) is 14.2. The zero-order valence-electron chi connectivity index (χ0n) is 11.9. The van der Waals surface area contributed by atoms with Gasteiger partial charge < -0.3 is 20.1 Å². The topological polar surface area (TPSA) is 59.6 Å². The van der Waals surface area contributed by atoms with Crippen molar-refractivity contribution in [3.63, 3.8) is 0 Å². The lowest BCUT2D eigenvalue weighted by Gasteiger charge is -2.12. The summed E-state index contributed by atoms with van der Waals surface area (Å²) < 4.78 is 10.7. The highest BCUT2D eigenvalue weighted by Gasteiger charge is 2.22. The van der Waals surface area contributed by atoms with Gasteiger partial charge in [0, 0.05) is 13.7 Å². The van der Waals surface area contributed by atoms with Crippen LogP contribution in [0.15, 0.2) is 24.3 Å². The van der Waals surface area contributed by atoms with Crippen molar-refractivity contribution < 1.29 is 14.3 Å². The van der Waals surface area contributed by atoms with Crippen LogP contribution in [0, 0.1) is 5.92 Å². The third-order valence-corrected chi connectivity index (χ3v) is 3.10. The van der Waals surface area contributed by atoms with Crippen molar-refractivity contribution in [1.82, 2.24) is 5.32 Å². The number of carbonyl (C=O) groups is 1. The third-order valence-electron chi connectivity index (χ3n) is 3.10. The minimum atomic E-state index is -0.0800. The highest BCUT2D eigenvalue weighted by Crippen LogP contribution is 2.31. The molecule has 1 aromatic carbocycles. The summed E-state index contributed by atoms with van der Waals surface area (Å²) in [7, 11) is 1.63. The Balaban J connectivity index is 1.79. The van der Waals surface area contributed by atoms with Crippen LogP contribution in [0.3, 0.4) is 0 Å². The number of carbonyl (C=O) groups excluding carboxylic acids is 1. The smallest absolute Gasteiger partial charge is 0.238 e. The normalized spacial score (nSPS) is 14.1. The van der Waals surface area contributed by atoms with Crippen molar-refractivity contribution >= 4 is 11.6 Å². The van der Waals surface area contributed by atoms with Crippen LogP contribution in [0.25, 0.3) is 0 Å². The van der Waals surface area contributed by atoms with E-state index in [1.54, 1.807) is 7.11 Å². The molecule has 5 heteroatoms. The number of hydrogen-bond acceptors (Lipinski definition) is 4. The van der Waals surface area contributed by atoms with E-state index in [1.165, 1.54) is 12.8 Å². The van der Waals surface area contributed by atoms with E-state index in [0.29, 0.717) is 19.1 Å². The first kappa shape index (κ1) is 14.8. The van der Waals surface area contributed by atoms with E-state index in [-0.39, 0.29) is 12.5 Å². The summed E-state index contributed by atoms with van der Waals surface area (Å²) in [5.41, 5.74) is 0.728. The van der Waals surface area contributed by atoms with Crippen LogP contribution in [0.2, 0.25) is 0 Å². The molecule has 1 saturated carbocycles. The summed E-state index contributed by atoms with van der Waals surface area (Å²) in [6.07, 6.45) is 2.50. The van der Waals surface area contributed by atoms with Gasteiger partial charge in [0.05, 0.1) is 25.4 Å². The van der Waals surface area contributed by atoms with Crippen LogP contribution in [-0.2, 0) is 9.53 Å². The molecule has 1 aliphatic rings. The number of methoxy groups -OCH3 is 1. The lowest BCUT2D eigenvalue weighted by atomic mass is 10.3. The average Bonchev–Trinajstić information content (AvgIpc) is 3.27. The van der Waals surface area contributed by atoms with Gasteiger partial charge in [0.1, 0.15) is 5.75 Å². The second kappa shape index (κ2) is 7.87. The van der Waals surface area contributed by atoms with Gasteiger partial charge in [-0.3, -0.25) is 4.79 Å². The highest BCUT2D eigenvalue weighted by atomic mass is 16.5. The van der Waals surface area contributed by atoms with Crippen LogP contribution < -0.4 is 15.4 Å². The molecule has 1 aromatic rings. The van der Waals surface area contributed by atoms with E-state index in [4.69, 9.17) is 9.47 Å². The monoisotopic (exact) mass is 278 g/mol. The summed E-state index contributed by atoms with van der Waals surface area (Å²) >= 11 is 0. The first-order chi connectivity index (χ1) is 9.79. The predicted octanol–water partition coefficient (Wildman–Crippen LogP) is 1.65. The maximum absolute atomic E-state index is 11.8. The molecule has 1 fully saturated rings. The molecular weight excluding hydrogens is 256 g/mol. The van der Waals surface area contributed by atoms with Gasteiger partial charge in [0.15, 0.2) is 0 Å². The summed E-state index contributed by atoms with van der Waals surface area (Å²) in [6.45, 7) is 2.25. The average molecular weight is 278 g/mol. The van der Waals surface area contributed by atoms with E-state index in [2.05, 4.69) is 10.6 Å². The van der Waals surface area contributed by atoms with Crippen LogP contribution in [-0.4, -0.2) is 39.3 Å². The number of nitrogens with one attached hydrogen (secondary N) is 2. The minimum absolute atomic E-state index is 0.0800. The van der Waals surface area contributed by atoms with Gasteiger partial charge in [-0.25, -0.2) is 0 Å². The maximum atomic E-state index is 11.8. The van der Waals surface area contributed by atoms with Crippen molar-refractivity contribution in [3.8, 4) is 5.75 Å². The number of ether oxygens (including phenoxy) is 2. The van der Waals surface area contributed by atoms with E-state index >= 15 is 0 Å². The van der Waals surface area contributed by atoms with E-state index in [1.807, 2.05) is 24.3 Å². The zero-order valence-corrected chi connectivity index (χ0v) is 11.9. The lowest BCUT2D eigenvalue weighted by molar-refractivity contribution is -0.115. The van der Waals surface area contributed by atoms with Gasteiger partial charge in [-0.2, -0.15) is 0 Å². The number of benzene rings is 1. The van der Waals surface area contributed by atoms with Gasteiger partial charge in [-0.15, -0.1) is 0 Å². The molecule has 1 aliphatic carbocycles. The Bertz CT molecular complexity index is 433. The first-order valence-electron chi connectivity index (χ1n) is 7.01. The molecule has 1 amide bonds. The molecular formula is C15H22N2O3. The largest absolute Gasteiger partial charge is 0.491 e. The Morgan fingerprint density at radius 1 is 1.35 bits per heavy atom. The minimum Gasteiger partial charge on any atom is -0.491 e. The Hall–Kier alpha value is -1.59. The molecule has 0 heterocycles. The van der Waals surface area contributed by atoms with E-state index in [0.717, 1.165) is 18.0 Å². The molecule has 2 rings (SSSR count). The van der Waals surface area contributed by atoms with Gasteiger partial charge in [-0.1, -0.05) is 12.1 Å². The molecule has 0 saturated heterocycles. The SMILES string of the molecule is COCCNCC(=O)Nc1ccccc1OCC1CC1. The number of para-hydroxylation sites is 2. The Morgan fingerprint density at radius 2 is 2.15 bits per heavy atom.